The molecule has 0 aliphatic carbocycles. The van der Waals surface area contributed by atoms with Crippen LogP contribution in [0, 0.1) is 19.7 Å². The number of nitrogens with zero attached hydrogens (tertiary/aromatic N) is 5. The normalized spacial score (nSPS) is 15.2. The molecule has 0 unspecified atom stereocenters. The zero-order valence-corrected chi connectivity index (χ0v) is 13.8. The molecule has 0 amide bonds. The summed E-state index contributed by atoms with van der Waals surface area (Å²) in [5.41, 5.74) is 1.88. The lowest BCUT2D eigenvalue weighted by Crippen LogP contribution is -2.44. The van der Waals surface area contributed by atoms with Crippen LogP contribution in [-0.2, 0) is 0 Å². The zero-order valence-electron chi connectivity index (χ0n) is 13.0. The largest absolute Gasteiger partial charge is 0.338 e. The quantitative estimate of drug-likeness (QED) is 0.735. The average molecular weight is 337 g/mol. The van der Waals surface area contributed by atoms with Crippen molar-refractivity contribution in [2.24, 2.45) is 0 Å². The van der Waals surface area contributed by atoms with Crippen molar-refractivity contribution in [1.29, 1.82) is 0 Å². The van der Waals surface area contributed by atoms with E-state index in [1.807, 2.05) is 19.9 Å². The Balaban J connectivity index is 0.00000156. The fraction of sp³-hybridized carbons (Fsp3) is 0.400. The average Bonchev–Trinajstić information content (AvgIpc) is 2.89. The molecule has 0 atom stereocenters. The van der Waals surface area contributed by atoms with Crippen LogP contribution < -0.4 is 10.2 Å². The number of aromatic nitrogens is 4. The first-order valence-electron chi connectivity index (χ1n) is 7.42. The first-order chi connectivity index (χ1) is 10.6. The van der Waals surface area contributed by atoms with Crippen molar-refractivity contribution in [1.82, 2.24) is 24.9 Å². The number of fused-ring (bicyclic) bond motifs is 3. The van der Waals surface area contributed by atoms with Gasteiger partial charge in [0.15, 0.2) is 5.65 Å². The predicted molar refractivity (Wildman–Crippen MR) is 90.1 cm³/mol. The summed E-state index contributed by atoms with van der Waals surface area (Å²) in [5.74, 6) is 1.01. The van der Waals surface area contributed by atoms with Gasteiger partial charge in [0.1, 0.15) is 17.2 Å². The maximum atomic E-state index is 14.4. The Bertz CT molecular complexity index is 871. The number of halogens is 2. The topological polar surface area (TPSA) is 58.4 Å². The molecule has 0 saturated carbocycles. The molecule has 0 bridgehead atoms. The minimum absolute atomic E-state index is 0. The van der Waals surface area contributed by atoms with Gasteiger partial charge in [-0.15, -0.1) is 17.5 Å². The Morgan fingerprint density at radius 1 is 1.13 bits per heavy atom. The monoisotopic (exact) mass is 336 g/mol. The maximum absolute atomic E-state index is 14.4. The highest BCUT2D eigenvalue weighted by Crippen LogP contribution is 2.26. The molecule has 8 heteroatoms. The third-order valence-corrected chi connectivity index (χ3v) is 3.96. The molecular formula is C15H18ClFN6. The van der Waals surface area contributed by atoms with Crippen LogP contribution in [0.4, 0.5) is 10.3 Å². The number of hydrogen-bond donors (Lipinski definition) is 1. The Kier molecular flexibility index (Phi) is 4.08. The van der Waals surface area contributed by atoms with Crippen molar-refractivity contribution < 1.29 is 4.39 Å². The number of aryl methyl sites for hydroxylation is 2. The van der Waals surface area contributed by atoms with E-state index in [2.05, 4.69) is 25.3 Å². The van der Waals surface area contributed by atoms with Gasteiger partial charge in [-0.25, -0.2) is 14.4 Å². The summed E-state index contributed by atoms with van der Waals surface area (Å²) in [6.45, 7) is 7.11. The highest BCUT2D eigenvalue weighted by atomic mass is 35.5. The highest BCUT2D eigenvalue weighted by molar-refractivity contribution is 5.93. The summed E-state index contributed by atoms with van der Waals surface area (Å²) in [6.07, 6.45) is 0. The van der Waals surface area contributed by atoms with E-state index in [1.165, 1.54) is 6.07 Å². The third kappa shape index (κ3) is 2.60. The minimum atomic E-state index is -0.311. The van der Waals surface area contributed by atoms with Crippen LogP contribution in [-0.4, -0.2) is 45.8 Å². The summed E-state index contributed by atoms with van der Waals surface area (Å²) >= 11 is 0. The first kappa shape index (κ1) is 15.9. The lowest BCUT2D eigenvalue weighted by atomic mass is 10.1. The molecule has 4 rings (SSSR count). The molecule has 1 saturated heterocycles. The van der Waals surface area contributed by atoms with Crippen molar-refractivity contribution in [3.63, 3.8) is 0 Å². The van der Waals surface area contributed by atoms with Crippen molar-refractivity contribution in [3.8, 4) is 0 Å². The smallest absolute Gasteiger partial charge is 0.229 e. The Morgan fingerprint density at radius 2 is 1.87 bits per heavy atom. The molecule has 1 fully saturated rings. The van der Waals surface area contributed by atoms with E-state index in [4.69, 9.17) is 0 Å². The molecule has 1 aromatic carbocycles. The molecule has 0 spiro atoms. The van der Waals surface area contributed by atoms with E-state index < -0.39 is 0 Å². The van der Waals surface area contributed by atoms with Crippen LogP contribution >= 0.6 is 12.4 Å². The molecule has 122 valence electrons. The second-order valence-electron chi connectivity index (χ2n) is 5.69. The first-order valence-corrected chi connectivity index (χ1v) is 7.42. The molecular weight excluding hydrogens is 319 g/mol. The van der Waals surface area contributed by atoms with Crippen molar-refractivity contribution >= 4 is 34.9 Å². The van der Waals surface area contributed by atoms with Crippen LogP contribution in [0.3, 0.4) is 0 Å². The molecule has 2 aromatic heterocycles. The Morgan fingerprint density at radius 3 is 2.61 bits per heavy atom. The minimum Gasteiger partial charge on any atom is -0.338 e. The molecule has 1 N–H and O–H groups in total. The van der Waals surface area contributed by atoms with Crippen LogP contribution in [0.2, 0.25) is 0 Å². The van der Waals surface area contributed by atoms with Crippen molar-refractivity contribution in [3.05, 3.63) is 29.3 Å². The molecule has 1 aliphatic rings. The fourth-order valence-electron chi connectivity index (χ4n) is 2.96. The van der Waals surface area contributed by atoms with Crippen molar-refractivity contribution in [2.75, 3.05) is 31.1 Å². The van der Waals surface area contributed by atoms with Gasteiger partial charge >= 0.3 is 0 Å². The predicted octanol–water partition coefficient (Wildman–Crippen LogP) is 1.86. The van der Waals surface area contributed by atoms with E-state index in [-0.39, 0.29) is 18.2 Å². The summed E-state index contributed by atoms with van der Waals surface area (Å²) < 4.78 is 16.1. The van der Waals surface area contributed by atoms with Gasteiger partial charge in [0.25, 0.3) is 0 Å². The van der Waals surface area contributed by atoms with E-state index in [0.717, 1.165) is 31.7 Å². The van der Waals surface area contributed by atoms with Gasteiger partial charge in [-0.1, -0.05) is 0 Å². The summed E-state index contributed by atoms with van der Waals surface area (Å²) in [4.78, 5) is 11.2. The summed E-state index contributed by atoms with van der Waals surface area (Å²) in [6, 6.07) is 3.42. The van der Waals surface area contributed by atoms with Gasteiger partial charge in [-0.2, -0.15) is 4.52 Å². The standard InChI is InChI=1S/C15H17FN6.ClH/c1-9-7-11-13(12(16)8-9)19-15(21-5-3-17-4-6-21)22-14(11)18-10(2)20-22;/h7-8,17H,3-6H2,1-2H3;1H. The second-order valence-corrected chi connectivity index (χ2v) is 5.69. The van der Waals surface area contributed by atoms with Gasteiger partial charge in [0.05, 0.1) is 0 Å². The van der Waals surface area contributed by atoms with Gasteiger partial charge in [0.2, 0.25) is 5.95 Å². The summed E-state index contributed by atoms with van der Waals surface area (Å²) in [5, 5.41) is 8.47. The number of piperazine rings is 1. The second kappa shape index (κ2) is 5.90. The number of nitrogens with one attached hydrogen (secondary N) is 1. The van der Waals surface area contributed by atoms with Crippen molar-refractivity contribution in [2.45, 2.75) is 13.8 Å². The van der Waals surface area contributed by atoms with Crippen LogP contribution in [0.1, 0.15) is 11.4 Å². The lowest BCUT2D eigenvalue weighted by molar-refractivity contribution is 0.574. The Hall–Kier alpha value is -1.99. The molecule has 23 heavy (non-hydrogen) atoms. The molecule has 3 heterocycles. The number of rotatable bonds is 1. The highest BCUT2D eigenvalue weighted by Gasteiger charge is 2.20. The fourth-order valence-corrected chi connectivity index (χ4v) is 2.96. The van der Waals surface area contributed by atoms with Crippen LogP contribution in [0.5, 0.6) is 0 Å². The number of hydrogen-bond acceptors (Lipinski definition) is 5. The lowest BCUT2D eigenvalue weighted by Gasteiger charge is -2.28. The molecule has 3 aromatic rings. The third-order valence-electron chi connectivity index (χ3n) is 3.96. The van der Waals surface area contributed by atoms with E-state index in [0.29, 0.717) is 28.3 Å². The maximum Gasteiger partial charge on any atom is 0.229 e. The van der Waals surface area contributed by atoms with Crippen LogP contribution in [0.25, 0.3) is 16.6 Å². The van der Waals surface area contributed by atoms with E-state index in [9.17, 15) is 4.39 Å². The number of benzene rings is 1. The van der Waals surface area contributed by atoms with Gasteiger partial charge < -0.3 is 10.2 Å². The van der Waals surface area contributed by atoms with E-state index in [1.54, 1.807) is 4.52 Å². The number of anilines is 1. The zero-order chi connectivity index (χ0) is 15.3. The SMILES string of the molecule is Cc1cc(F)c2nc(N3CCNCC3)n3nc(C)nc3c2c1.Cl. The van der Waals surface area contributed by atoms with Crippen LogP contribution in [0.15, 0.2) is 12.1 Å². The van der Waals surface area contributed by atoms with Gasteiger partial charge in [-0.3, -0.25) is 0 Å². The molecule has 0 radical (unpaired) electrons. The van der Waals surface area contributed by atoms with E-state index >= 15 is 0 Å². The Labute approximate surface area is 139 Å². The summed E-state index contributed by atoms with van der Waals surface area (Å²) in [7, 11) is 0. The van der Waals surface area contributed by atoms with Gasteiger partial charge in [-0.05, 0) is 31.5 Å². The molecule has 1 aliphatic heterocycles. The molecule has 6 nitrogen and oxygen atoms in total. The van der Waals surface area contributed by atoms with Gasteiger partial charge in [0, 0.05) is 31.6 Å².